The van der Waals surface area contributed by atoms with E-state index in [1.807, 2.05) is 29.2 Å². The minimum absolute atomic E-state index is 0.480. The monoisotopic (exact) mass is 215 g/mol. The van der Waals surface area contributed by atoms with Gasteiger partial charge >= 0.3 is 0 Å². The Kier molecular flexibility index (Phi) is 4.73. The van der Waals surface area contributed by atoms with E-state index in [0.29, 0.717) is 18.5 Å². The highest BCUT2D eigenvalue weighted by atomic mass is 35.5. The van der Waals surface area contributed by atoms with E-state index in [2.05, 4.69) is 0 Å². The Morgan fingerprint density at radius 3 is 2.36 bits per heavy atom. The van der Waals surface area contributed by atoms with Gasteiger partial charge in [0.1, 0.15) is 13.5 Å². The van der Waals surface area contributed by atoms with Crippen LogP contribution in [-0.4, -0.2) is 27.7 Å². The molecule has 0 spiro atoms. The Labute approximate surface area is 89.2 Å². The maximum Gasteiger partial charge on any atom is 0.120 e. The molecule has 0 aromatic heterocycles. The number of hydrogen-bond donors (Lipinski definition) is 0. The largest absolute Gasteiger partial charge is 0.364 e. The van der Waals surface area contributed by atoms with Crippen LogP contribution in [0.5, 0.6) is 0 Å². The first-order valence-electron chi connectivity index (χ1n) is 4.26. The van der Waals surface area contributed by atoms with Gasteiger partial charge < -0.3 is 14.4 Å². The van der Waals surface area contributed by atoms with E-state index in [4.69, 9.17) is 21.1 Å². The van der Waals surface area contributed by atoms with Crippen LogP contribution in [0.1, 0.15) is 0 Å². The number of ether oxygens (including phenoxy) is 2. The van der Waals surface area contributed by atoms with E-state index in [9.17, 15) is 0 Å². The molecule has 0 saturated carbocycles. The lowest BCUT2D eigenvalue weighted by Crippen LogP contribution is -2.27. The summed E-state index contributed by atoms with van der Waals surface area (Å²) in [5.74, 6) is 0. The van der Waals surface area contributed by atoms with Crippen LogP contribution >= 0.6 is 11.6 Å². The fraction of sp³-hybridized carbons (Fsp3) is 0.400. The minimum atomic E-state index is 0.480. The molecule has 0 bridgehead atoms. The average Bonchev–Trinajstić information content (AvgIpc) is 2.17. The van der Waals surface area contributed by atoms with Crippen LogP contribution in [0.25, 0.3) is 0 Å². The zero-order valence-corrected chi connectivity index (χ0v) is 9.12. The molecule has 0 amide bonds. The van der Waals surface area contributed by atoms with Crippen LogP contribution in [0.4, 0.5) is 5.69 Å². The molecule has 0 aliphatic carbocycles. The lowest BCUT2D eigenvalue weighted by atomic mass is 10.3. The molecule has 78 valence electrons. The zero-order valence-electron chi connectivity index (χ0n) is 8.37. The number of rotatable bonds is 5. The van der Waals surface area contributed by atoms with Gasteiger partial charge in [0.25, 0.3) is 0 Å². The van der Waals surface area contributed by atoms with Crippen LogP contribution in [0, 0.1) is 0 Å². The van der Waals surface area contributed by atoms with Gasteiger partial charge in [-0.2, -0.15) is 0 Å². The van der Waals surface area contributed by atoms with E-state index < -0.39 is 0 Å². The Hall–Kier alpha value is -0.770. The second kappa shape index (κ2) is 5.86. The third kappa shape index (κ3) is 3.18. The van der Waals surface area contributed by atoms with E-state index in [-0.39, 0.29) is 0 Å². The highest BCUT2D eigenvalue weighted by molar-refractivity contribution is 6.30. The molecule has 1 aromatic rings. The summed E-state index contributed by atoms with van der Waals surface area (Å²) in [6, 6.07) is 7.57. The van der Waals surface area contributed by atoms with Crippen molar-refractivity contribution in [3.63, 3.8) is 0 Å². The molecule has 0 radical (unpaired) electrons. The van der Waals surface area contributed by atoms with Crippen molar-refractivity contribution in [2.45, 2.75) is 0 Å². The molecule has 1 rings (SSSR count). The molecule has 0 heterocycles. The number of methoxy groups -OCH3 is 2. The van der Waals surface area contributed by atoms with Gasteiger partial charge in [0, 0.05) is 24.9 Å². The lowest BCUT2D eigenvalue weighted by molar-refractivity contribution is 0.140. The van der Waals surface area contributed by atoms with Crippen LogP contribution in [-0.2, 0) is 9.47 Å². The van der Waals surface area contributed by atoms with Gasteiger partial charge in [0.2, 0.25) is 0 Å². The SMILES string of the molecule is COCN(COC)c1cccc(Cl)c1. The molecule has 0 N–H and O–H groups in total. The number of hydrogen-bond acceptors (Lipinski definition) is 3. The molecule has 14 heavy (non-hydrogen) atoms. The summed E-state index contributed by atoms with van der Waals surface area (Å²) in [5.41, 5.74) is 0.987. The van der Waals surface area contributed by atoms with Gasteiger partial charge in [-0.15, -0.1) is 0 Å². The van der Waals surface area contributed by atoms with Crippen molar-refractivity contribution >= 4 is 17.3 Å². The van der Waals surface area contributed by atoms with Crippen LogP contribution in [0.2, 0.25) is 5.02 Å². The molecule has 0 aliphatic rings. The topological polar surface area (TPSA) is 21.7 Å². The number of anilines is 1. The van der Waals surface area contributed by atoms with Crippen molar-refractivity contribution in [3.05, 3.63) is 29.3 Å². The number of halogens is 1. The molecule has 0 saturated heterocycles. The lowest BCUT2D eigenvalue weighted by Gasteiger charge is -2.22. The van der Waals surface area contributed by atoms with Crippen LogP contribution < -0.4 is 4.90 Å². The fourth-order valence-electron chi connectivity index (χ4n) is 1.17. The summed E-state index contributed by atoms with van der Waals surface area (Å²) < 4.78 is 10.1. The molecule has 0 unspecified atom stereocenters. The van der Waals surface area contributed by atoms with Crippen molar-refractivity contribution in [1.29, 1.82) is 0 Å². The van der Waals surface area contributed by atoms with E-state index in [1.54, 1.807) is 14.2 Å². The van der Waals surface area contributed by atoms with E-state index >= 15 is 0 Å². The molecule has 4 heteroatoms. The Bertz CT molecular complexity index is 275. The first-order chi connectivity index (χ1) is 6.77. The van der Waals surface area contributed by atoms with Crippen molar-refractivity contribution in [2.24, 2.45) is 0 Å². The Morgan fingerprint density at radius 1 is 1.21 bits per heavy atom. The summed E-state index contributed by atoms with van der Waals surface area (Å²) in [5, 5.41) is 0.708. The quantitative estimate of drug-likeness (QED) is 0.704. The maximum atomic E-state index is 5.88. The van der Waals surface area contributed by atoms with Crippen molar-refractivity contribution in [3.8, 4) is 0 Å². The molecule has 0 aliphatic heterocycles. The highest BCUT2D eigenvalue weighted by Crippen LogP contribution is 2.19. The van der Waals surface area contributed by atoms with Gasteiger partial charge in [-0.05, 0) is 18.2 Å². The van der Waals surface area contributed by atoms with Crippen molar-refractivity contribution in [2.75, 3.05) is 32.6 Å². The van der Waals surface area contributed by atoms with E-state index in [1.165, 1.54) is 0 Å². The molecule has 1 aromatic carbocycles. The van der Waals surface area contributed by atoms with Crippen molar-refractivity contribution < 1.29 is 9.47 Å². The number of benzene rings is 1. The van der Waals surface area contributed by atoms with Gasteiger partial charge in [0.05, 0.1) is 0 Å². The maximum absolute atomic E-state index is 5.88. The molecule has 3 nitrogen and oxygen atoms in total. The third-order valence-corrected chi connectivity index (χ3v) is 1.98. The van der Waals surface area contributed by atoms with Gasteiger partial charge in [-0.1, -0.05) is 17.7 Å². The normalized spacial score (nSPS) is 10.2. The predicted molar refractivity (Wildman–Crippen MR) is 57.7 cm³/mol. The van der Waals surface area contributed by atoms with Gasteiger partial charge in [-0.25, -0.2) is 0 Å². The fourth-order valence-corrected chi connectivity index (χ4v) is 1.36. The number of nitrogens with zero attached hydrogens (tertiary/aromatic N) is 1. The standard InChI is InChI=1S/C10H14ClNO2/c1-13-7-12(8-14-2)10-5-3-4-9(11)6-10/h3-6H,7-8H2,1-2H3. The average molecular weight is 216 g/mol. The Balaban J connectivity index is 2.75. The second-order valence-corrected chi connectivity index (χ2v) is 3.29. The van der Waals surface area contributed by atoms with Crippen LogP contribution in [0.15, 0.2) is 24.3 Å². The Morgan fingerprint density at radius 2 is 1.86 bits per heavy atom. The predicted octanol–water partition coefficient (Wildman–Crippen LogP) is 2.35. The molecular formula is C10H14ClNO2. The van der Waals surface area contributed by atoms with Crippen LogP contribution in [0.3, 0.4) is 0 Å². The van der Waals surface area contributed by atoms with Gasteiger partial charge in [-0.3, -0.25) is 0 Å². The molecular weight excluding hydrogens is 202 g/mol. The van der Waals surface area contributed by atoms with E-state index in [0.717, 1.165) is 5.69 Å². The van der Waals surface area contributed by atoms with Gasteiger partial charge in [0.15, 0.2) is 0 Å². The third-order valence-electron chi connectivity index (χ3n) is 1.74. The second-order valence-electron chi connectivity index (χ2n) is 2.86. The first kappa shape index (κ1) is 11.3. The summed E-state index contributed by atoms with van der Waals surface area (Å²) >= 11 is 5.88. The summed E-state index contributed by atoms with van der Waals surface area (Å²) in [7, 11) is 3.29. The minimum Gasteiger partial charge on any atom is -0.364 e. The molecule has 0 fully saturated rings. The first-order valence-corrected chi connectivity index (χ1v) is 4.64. The zero-order chi connectivity index (χ0) is 10.4. The highest BCUT2D eigenvalue weighted by Gasteiger charge is 2.04. The van der Waals surface area contributed by atoms with Crippen molar-refractivity contribution in [1.82, 2.24) is 0 Å². The smallest absolute Gasteiger partial charge is 0.120 e. The summed E-state index contributed by atoms with van der Waals surface area (Å²) in [4.78, 5) is 1.94. The molecule has 0 atom stereocenters. The summed E-state index contributed by atoms with van der Waals surface area (Å²) in [6.07, 6.45) is 0. The summed E-state index contributed by atoms with van der Waals surface area (Å²) in [6.45, 7) is 0.961.